The maximum atomic E-state index is 12.6. The van der Waals surface area contributed by atoms with E-state index >= 15 is 0 Å². The smallest absolute Gasteiger partial charge is 0.308 e. The van der Waals surface area contributed by atoms with Gasteiger partial charge in [-0.2, -0.15) is 5.10 Å². The normalized spacial score (nSPS) is 14.4. The summed E-state index contributed by atoms with van der Waals surface area (Å²) in [5.74, 6) is -1.84. The third kappa shape index (κ3) is 3.76. The van der Waals surface area contributed by atoms with Crippen LogP contribution in [0.3, 0.4) is 0 Å². The number of aryl methyl sites for hydroxylation is 1. The maximum Gasteiger partial charge on any atom is 0.308 e. The number of carbonyl (C=O) groups excluding carboxylic acids is 1. The van der Waals surface area contributed by atoms with E-state index in [1.807, 2.05) is 47.1 Å². The molecular weight excluding hydrogens is 354 g/mol. The standard InChI is InChI=1S/C22H23N3O3/c26-21(19-14-24-25-10-4-3-7-20(19)25)23-13-18(22(27)28)12-15-8-9-16-5-1-2-6-17(16)11-15/h1-2,5-6,8-9,11,14,18H,3-4,7,10,12-13H2,(H,23,26)(H,27,28). The summed E-state index contributed by atoms with van der Waals surface area (Å²) < 4.78 is 1.88. The van der Waals surface area contributed by atoms with Gasteiger partial charge in [-0.25, -0.2) is 0 Å². The highest BCUT2D eigenvalue weighted by Gasteiger charge is 2.23. The van der Waals surface area contributed by atoms with Gasteiger partial charge < -0.3 is 10.4 Å². The summed E-state index contributed by atoms with van der Waals surface area (Å²) in [7, 11) is 0. The van der Waals surface area contributed by atoms with Gasteiger partial charge in [0.25, 0.3) is 5.91 Å². The molecule has 28 heavy (non-hydrogen) atoms. The molecule has 3 aromatic rings. The van der Waals surface area contributed by atoms with Crippen LogP contribution in [0.25, 0.3) is 10.8 Å². The summed E-state index contributed by atoms with van der Waals surface area (Å²) in [6.07, 6.45) is 4.91. The van der Waals surface area contributed by atoms with Gasteiger partial charge in [0, 0.05) is 13.1 Å². The van der Waals surface area contributed by atoms with Gasteiger partial charge in [-0.1, -0.05) is 42.5 Å². The zero-order valence-electron chi connectivity index (χ0n) is 15.6. The predicted molar refractivity (Wildman–Crippen MR) is 106 cm³/mol. The Morgan fingerprint density at radius 1 is 1.14 bits per heavy atom. The van der Waals surface area contributed by atoms with Crippen LogP contribution in [0.2, 0.25) is 0 Å². The molecule has 6 heteroatoms. The van der Waals surface area contributed by atoms with Crippen molar-refractivity contribution in [2.24, 2.45) is 5.92 Å². The molecule has 0 saturated carbocycles. The third-order valence-corrected chi connectivity index (χ3v) is 5.38. The summed E-state index contributed by atoms with van der Waals surface area (Å²) >= 11 is 0. The molecule has 1 unspecified atom stereocenters. The molecule has 2 heterocycles. The zero-order chi connectivity index (χ0) is 19.5. The first kappa shape index (κ1) is 18.2. The number of carboxylic acid groups (broad SMARTS) is 1. The van der Waals surface area contributed by atoms with Crippen molar-refractivity contribution in [3.63, 3.8) is 0 Å². The van der Waals surface area contributed by atoms with Gasteiger partial charge in [-0.3, -0.25) is 14.3 Å². The Labute approximate surface area is 163 Å². The predicted octanol–water partition coefficient (Wildman–Crippen LogP) is 3.05. The Bertz CT molecular complexity index is 1020. The van der Waals surface area contributed by atoms with Crippen LogP contribution >= 0.6 is 0 Å². The first-order valence-electron chi connectivity index (χ1n) is 9.65. The molecule has 0 saturated heterocycles. The molecular formula is C22H23N3O3. The van der Waals surface area contributed by atoms with E-state index in [1.54, 1.807) is 6.20 Å². The number of carbonyl (C=O) groups is 2. The van der Waals surface area contributed by atoms with Gasteiger partial charge in [0.05, 0.1) is 23.4 Å². The SMILES string of the molecule is O=C(NCC(Cc1ccc2ccccc2c1)C(=O)O)c1cnn2c1CCCC2. The van der Waals surface area contributed by atoms with Crippen LogP contribution in [0.5, 0.6) is 0 Å². The summed E-state index contributed by atoms with van der Waals surface area (Å²) in [5, 5.41) is 18.9. The molecule has 1 aromatic heterocycles. The largest absolute Gasteiger partial charge is 0.481 e. The Hall–Kier alpha value is -3.15. The topological polar surface area (TPSA) is 84.2 Å². The molecule has 1 atom stereocenters. The van der Waals surface area contributed by atoms with E-state index in [1.165, 1.54) is 0 Å². The number of hydrogen-bond donors (Lipinski definition) is 2. The van der Waals surface area contributed by atoms with Crippen LogP contribution in [0.4, 0.5) is 0 Å². The lowest BCUT2D eigenvalue weighted by Gasteiger charge is -2.16. The van der Waals surface area contributed by atoms with E-state index in [0.717, 1.165) is 47.8 Å². The highest BCUT2D eigenvalue weighted by molar-refractivity contribution is 5.95. The van der Waals surface area contributed by atoms with Gasteiger partial charge in [0.1, 0.15) is 0 Å². The lowest BCUT2D eigenvalue weighted by atomic mass is 9.97. The van der Waals surface area contributed by atoms with Crippen LogP contribution in [0.15, 0.2) is 48.7 Å². The molecule has 0 fully saturated rings. The van der Waals surface area contributed by atoms with Gasteiger partial charge in [0.15, 0.2) is 0 Å². The lowest BCUT2D eigenvalue weighted by molar-refractivity contribution is -0.141. The molecule has 1 amide bonds. The Kier molecular flexibility index (Phi) is 5.10. The number of nitrogens with zero attached hydrogens (tertiary/aromatic N) is 2. The van der Waals surface area contributed by atoms with E-state index in [4.69, 9.17) is 0 Å². The maximum absolute atomic E-state index is 12.6. The minimum Gasteiger partial charge on any atom is -0.481 e. The van der Waals surface area contributed by atoms with Gasteiger partial charge in [0.2, 0.25) is 0 Å². The van der Waals surface area contributed by atoms with Crippen LogP contribution in [0.1, 0.15) is 34.5 Å². The number of benzene rings is 2. The summed E-state index contributed by atoms with van der Waals surface area (Å²) in [6.45, 7) is 0.925. The minimum absolute atomic E-state index is 0.0889. The van der Waals surface area contributed by atoms with Crippen molar-refractivity contribution in [1.29, 1.82) is 0 Å². The number of amides is 1. The highest BCUT2D eigenvalue weighted by atomic mass is 16.4. The average molecular weight is 377 g/mol. The molecule has 144 valence electrons. The monoisotopic (exact) mass is 377 g/mol. The molecule has 4 rings (SSSR count). The van der Waals surface area contributed by atoms with Crippen molar-refractivity contribution in [3.05, 3.63) is 65.5 Å². The fourth-order valence-electron chi connectivity index (χ4n) is 3.82. The summed E-state index contributed by atoms with van der Waals surface area (Å²) in [5.41, 5.74) is 2.46. The van der Waals surface area contributed by atoms with E-state index in [0.29, 0.717) is 12.0 Å². The molecule has 0 aliphatic carbocycles. The average Bonchev–Trinajstić information content (AvgIpc) is 3.15. The molecule has 0 spiro atoms. The molecule has 2 N–H and O–H groups in total. The van der Waals surface area contributed by atoms with Gasteiger partial charge >= 0.3 is 5.97 Å². The fourth-order valence-corrected chi connectivity index (χ4v) is 3.82. The van der Waals surface area contributed by atoms with Crippen LogP contribution < -0.4 is 5.32 Å². The van der Waals surface area contributed by atoms with Gasteiger partial charge in [-0.15, -0.1) is 0 Å². The summed E-state index contributed by atoms with van der Waals surface area (Å²) in [4.78, 5) is 24.3. The quantitative estimate of drug-likeness (QED) is 0.692. The Balaban J connectivity index is 1.44. The number of hydrogen-bond acceptors (Lipinski definition) is 3. The number of carboxylic acids is 1. The van der Waals surface area contributed by atoms with Crippen molar-refractivity contribution in [1.82, 2.24) is 15.1 Å². The zero-order valence-corrected chi connectivity index (χ0v) is 15.6. The second-order valence-electron chi connectivity index (χ2n) is 7.32. The highest BCUT2D eigenvalue weighted by Crippen LogP contribution is 2.20. The van der Waals surface area contributed by atoms with Crippen LogP contribution in [-0.4, -0.2) is 33.3 Å². The third-order valence-electron chi connectivity index (χ3n) is 5.38. The van der Waals surface area contributed by atoms with Crippen molar-refractivity contribution >= 4 is 22.6 Å². The first-order valence-corrected chi connectivity index (χ1v) is 9.65. The van der Waals surface area contributed by atoms with Crippen molar-refractivity contribution in [2.75, 3.05) is 6.54 Å². The number of rotatable bonds is 6. The fraction of sp³-hybridized carbons (Fsp3) is 0.318. The lowest BCUT2D eigenvalue weighted by Crippen LogP contribution is -2.34. The second-order valence-corrected chi connectivity index (χ2v) is 7.32. The second kappa shape index (κ2) is 7.84. The van der Waals surface area contributed by atoms with Crippen LogP contribution in [-0.2, 0) is 24.2 Å². The van der Waals surface area contributed by atoms with Gasteiger partial charge in [-0.05, 0) is 42.0 Å². The Morgan fingerprint density at radius 3 is 2.79 bits per heavy atom. The summed E-state index contributed by atoms with van der Waals surface area (Å²) in [6, 6.07) is 14.0. The molecule has 0 radical (unpaired) electrons. The number of aliphatic carboxylic acids is 1. The molecule has 1 aliphatic rings. The number of aromatic nitrogens is 2. The minimum atomic E-state index is -0.912. The van der Waals surface area contributed by atoms with Crippen molar-refractivity contribution < 1.29 is 14.7 Å². The van der Waals surface area contributed by atoms with Crippen molar-refractivity contribution in [3.8, 4) is 0 Å². The Morgan fingerprint density at radius 2 is 1.96 bits per heavy atom. The van der Waals surface area contributed by atoms with E-state index in [2.05, 4.69) is 10.4 Å². The number of nitrogens with one attached hydrogen (secondary N) is 1. The van der Waals surface area contributed by atoms with E-state index in [-0.39, 0.29) is 12.5 Å². The van der Waals surface area contributed by atoms with Crippen LogP contribution in [0, 0.1) is 5.92 Å². The molecule has 1 aliphatic heterocycles. The first-order chi connectivity index (χ1) is 13.6. The number of fused-ring (bicyclic) bond motifs is 2. The van der Waals surface area contributed by atoms with E-state index < -0.39 is 11.9 Å². The molecule has 0 bridgehead atoms. The molecule has 6 nitrogen and oxygen atoms in total. The van der Waals surface area contributed by atoms with Crippen molar-refractivity contribution in [2.45, 2.75) is 32.2 Å². The molecule has 2 aromatic carbocycles. The van der Waals surface area contributed by atoms with E-state index in [9.17, 15) is 14.7 Å².